The summed E-state index contributed by atoms with van der Waals surface area (Å²) in [7, 11) is 0. The van der Waals surface area contributed by atoms with Gasteiger partial charge in [-0.2, -0.15) is 9.78 Å². The van der Waals surface area contributed by atoms with Crippen LogP contribution in [0.15, 0.2) is 30.3 Å². The number of aryl methyl sites for hydroxylation is 1. The maximum Gasteiger partial charge on any atom is 0.340 e. The van der Waals surface area contributed by atoms with Gasteiger partial charge in [-0.05, 0) is 13.3 Å². The van der Waals surface area contributed by atoms with Crippen molar-refractivity contribution in [3.8, 4) is 11.3 Å². The van der Waals surface area contributed by atoms with Gasteiger partial charge in [-0.15, -0.1) is 0 Å². The van der Waals surface area contributed by atoms with Gasteiger partial charge in [0.05, 0.1) is 11.4 Å². The quantitative estimate of drug-likeness (QED) is 0.887. The average Bonchev–Trinajstić information content (AvgIpc) is 2.74. The summed E-state index contributed by atoms with van der Waals surface area (Å²) in [6.45, 7) is 1.74. The van der Waals surface area contributed by atoms with E-state index in [0.29, 0.717) is 17.8 Å². The van der Waals surface area contributed by atoms with Gasteiger partial charge in [0, 0.05) is 17.5 Å². The largest absolute Gasteiger partial charge is 0.481 e. The number of hydrogen-bond acceptors (Lipinski definition) is 3. The molecule has 2 aromatic rings. The molecule has 6 heteroatoms. The zero-order chi connectivity index (χ0) is 14.7. The van der Waals surface area contributed by atoms with E-state index in [0.717, 1.165) is 15.8 Å². The van der Waals surface area contributed by atoms with E-state index in [9.17, 15) is 9.59 Å². The Morgan fingerprint density at radius 3 is 2.50 bits per heavy atom. The van der Waals surface area contributed by atoms with Crippen molar-refractivity contribution >= 4 is 12.0 Å². The number of nitrogens with two attached hydrogens (primary N) is 1. The number of nitrogens with zero attached hydrogens (tertiary/aromatic N) is 2. The van der Waals surface area contributed by atoms with Crippen LogP contribution in [0.1, 0.15) is 17.7 Å². The third-order valence-corrected chi connectivity index (χ3v) is 3.03. The molecular formula is C14H15N3O3. The second-order valence-electron chi connectivity index (χ2n) is 4.42. The van der Waals surface area contributed by atoms with Crippen molar-refractivity contribution in [1.82, 2.24) is 9.78 Å². The number of aliphatic carboxylic acids is 1. The molecular weight excluding hydrogens is 258 g/mol. The second-order valence-corrected chi connectivity index (χ2v) is 4.42. The van der Waals surface area contributed by atoms with E-state index in [-0.39, 0.29) is 6.42 Å². The first-order chi connectivity index (χ1) is 9.50. The van der Waals surface area contributed by atoms with Crippen molar-refractivity contribution in [1.29, 1.82) is 0 Å². The van der Waals surface area contributed by atoms with Gasteiger partial charge >= 0.3 is 12.0 Å². The topological polar surface area (TPSA) is 98.2 Å². The molecule has 6 nitrogen and oxygen atoms in total. The van der Waals surface area contributed by atoms with E-state index in [4.69, 9.17) is 10.8 Å². The molecule has 0 spiro atoms. The number of amides is 1. The van der Waals surface area contributed by atoms with Gasteiger partial charge in [0.25, 0.3) is 0 Å². The molecule has 0 bridgehead atoms. The maximum absolute atomic E-state index is 11.5. The van der Waals surface area contributed by atoms with Crippen LogP contribution < -0.4 is 5.73 Å². The fraction of sp³-hybridized carbons (Fsp3) is 0.214. The minimum atomic E-state index is -0.893. The molecule has 1 aromatic heterocycles. The van der Waals surface area contributed by atoms with Gasteiger partial charge in [-0.25, -0.2) is 4.79 Å². The number of carboxylic acid groups (broad SMARTS) is 1. The summed E-state index contributed by atoms with van der Waals surface area (Å²) in [5, 5.41) is 12.9. The molecule has 0 unspecified atom stereocenters. The minimum Gasteiger partial charge on any atom is -0.481 e. The Hall–Kier alpha value is -2.63. The third-order valence-electron chi connectivity index (χ3n) is 3.03. The zero-order valence-electron chi connectivity index (χ0n) is 11.0. The van der Waals surface area contributed by atoms with Gasteiger partial charge < -0.3 is 10.8 Å². The fourth-order valence-corrected chi connectivity index (χ4v) is 2.14. The number of rotatable bonds is 4. The monoisotopic (exact) mass is 273 g/mol. The van der Waals surface area contributed by atoms with Crippen LogP contribution in [-0.4, -0.2) is 26.9 Å². The van der Waals surface area contributed by atoms with Crippen LogP contribution in [-0.2, 0) is 11.2 Å². The standard InChI is InChI=1S/C14H15N3O3/c1-9-11(7-8-12(18)19)13(17(16-9)14(15)20)10-5-3-2-4-6-10/h2-6H,7-8H2,1H3,(H2,15,20)(H,18,19). The zero-order valence-corrected chi connectivity index (χ0v) is 11.0. The van der Waals surface area contributed by atoms with Crippen LogP contribution in [0.2, 0.25) is 0 Å². The van der Waals surface area contributed by atoms with Crippen molar-refractivity contribution in [2.24, 2.45) is 5.73 Å². The predicted molar refractivity (Wildman–Crippen MR) is 73.3 cm³/mol. The first-order valence-electron chi connectivity index (χ1n) is 6.16. The van der Waals surface area contributed by atoms with Gasteiger partial charge in [-0.3, -0.25) is 4.79 Å². The van der Waals surface area contributed by atoms with E-state index >= 15 is 0 Å². The lowest BCUT2D eigenvalue weighted by Gasteiger charge is -2.06. The molecule has 3 N–H and O–H groups in total. The molecule has 1 heterocycles. The highest BCUT2D eigenvalue weighted by Crippen LogP contribution is 2.27. The lowest BCUT2D eigenvalue weighted by Crippen LogP contribution is -2.22. The molecule has 0 saturated carbocycles. The lowest BCUT2D eigenvalue weighted by molar-refractivity contribution is -0.136. The molecule has 0 saturated heterocycles. The van der Waals surface area contributed by atoms with E-state index in [1.54, 1.807) is 6.92 Å². The van der Waals surface area contributed by atoms with E-state index in [1.807, 2.05) is 30.3 Å². The van der Waals surface area contributed by atoms with E-state index < -0.39 is 12.0 Å². The summed E-state index contributed by atoms with van der Waals surface area (Å²) in [5.41, 5.74) is 8.03. The maximum atomic E-state index is 11.5. The second kappa shape index (κ2) is 5.56. The van der Waals surface area contributed by atoms with Gasteiger partial charge in [-0.1, -0.05) is 30.3 Å². The van der Waals surface area contributed by atoms with E-state index in [1.165, 1.54) is 0 Å². The molecule has 0 radical (unpaired) electrons. The summed E-state index contributed by atoms with van der Waals surface area (Å²) in [6.07, 6.45) is 0.282. The predicted octanol–water partition coefficient (Wildman–Crippen LogP) is 1.80. The van der Waals surface area contributed by atoms with Crippen molar-refractivity contribution in [3.63, 3.8) is 0 Å². The Morgan fingerprint density at radius 1 is 1.30 bits per heavy atom. The van der Waals surface area contributed by atoms with Crippen LogP contribution in [0.25, 0.3) is 11.3 Å². The number of carboxylic acids is 1. The van der Waals surface area contributed by atoms with Gasteiger partial charge in [0.2, 0.25) is 0 Å². The smallest absolute Gasteiger partial charge is 0.340 e. The number of benzene rings is 1. The first kappa shape index (κ1) is 13.8. The van der Waals surface area contributed by atoms with Gasteiger partial charge in [0.1, 0.15) is 0 Å². The van der Waals surface area contributed by atoms with E-state index in [2.05, 4.69) is 5.10 Å². The Morgan fingerprint density at radius 2 is 1.95 bits per heavy atom. The number of carbonyl (C=O) groups is 2. The third kappa shape index (κ3) is 2.69. The SMILES string of the molecule is Cc1nn(C(N)=O)c(-c2ccccc2)c1CCC(=O)O. The molecule has 2 rings (SSSR count). The highest BCUT2D eigenvalue weighted by molar-refractivity contribution is 5.82. The molecule has 0 fully saturated rings. The Labute approximate surface area is 115 Å². The van der Waals surface area contributed by atoms with Crippen LogP contribution in [0.3, 0.4) is 0 Å². The number of carbonyl (C=O) groups excluding carboxylic acids is 1. The van der Waals surface area contributed by atoms with Crippen LogP contribution in [0.5, 0.6) is 0 Å². The summed E-state index contributed by atoms with van der Waals surface area (Å²) < 4.78 is 1.13. The normalized spacial score (nSPS) is 10.4. The summed E-state index contributed by atoms with van der Waals surface area (Å²) in [4.78, 5) is 22.3. The molecule has 0 atom stereocenters. The molecule has 20 heavy (non-hydrogen) atoms. The van der Waals surface area contributed by atoms with Gasteiger partial charge in [0.15, 0.2) is 0 Å². The van der Waals surface area contributed by atoms with Crippen molar-refractivity contribution < 1.29 is 14.7 Å². The van der Waals surface area contributed by atoms with Crippen LogP contribution >= 0.6 is 0 Å². The van der Waals surface area contributed by atoms with Crippen LogP contribution in [0.4, 0.5) is 4.79 Å². The Bertz CT molecular complexity index is 647. The fourth-order valence-electron chi connectivity index (χ4n) is 2.14. The Kier molecular flexibility index (Phi) is 3.84. The Balaban J connectivity index is 2.55. The highest BCUT2D eigenvalue weighted by Gasteiger charge is 2.19. The molecule has 1 aromatic carbocycles. The molecule has 0 aliphatic carbocycles. The summed E-state index contributed by atoms with van der Waals surface area (Å²) >= 11 is 0. The molecule has 0 aliphatic rings. The van der Waals surface area contributed by atoms with Crippen molar-refractivity contribution in [2.45, 2.75) is 19.8 Å². The number of aromatic nitrogens is 2. The lowest BCUT2D eigenvalue weighted by atomic mass is 10.0. The van der Waals surface area contributed by atoms with Crippen molar-refractivity contribution in [3.05, 3.63) is 41.6 Å². The highest BCUT2D eigenvalue weighted by atomic mass is 16.4. The van der Waals surface area contributed by atoms with Crippen molar-refractivity contribution in [2.75, 3.05) is 0 Å². The summed E-state index contributed by atoms with van der Waals surface area (Å²) in [6, 6.07) is 8.51. The van der Waals surface area contributed by atoms with Crippen LogP contribution in [0, 0.1) is 6.92 Å². The number of hydrogen-bond donors (Lipinski definition) is 2. The molecule has 0 aliphatic heterocycles. The first-order valence-corrected chi connectivity index (χ1v) is 6.16. The minimum absolute atomic E-state index is 0.0227. The molecule has 1 amide bonds. The number of primary amides is 1. The summed E-state index contributed by atoms with van der Waals surface area (Å²) in [5.74, 6) is -0.893. The molecule has 104 valence electrons. The average molecular weight is 273 g/mol.